The molecule has 1 fully saturated rings. The first-order chi connectivity index (χ1) is 16.8. The Morgan fingerprint density at radius 3 is 2.61 bits per heavy atom. The van der Waals surface area contributed by atoms with Gasteiger partial charge >= 0.3 is 0 Å². The van der Waals surface area contributed by atoms with Crippen LogP contribution in [0.15, 0.2) is 48.5 Å². The maximum Gasteiger partial charge on any atom is 0.276 e. The third-order valence-corrected chi connectivity index (χ3v) is 6.23. The molecule has 194 valence electrons. The predicted octanol–water partition coefficient (Wildman–Crippen LogP) is 5.17. The molecule has 3 aromatic rings. The van der Waals surface area contributed by atoms with E-state index in [-0.39, 0.29) is 24.4 Å². The lowest BCUT2D eigenvalue weighted by Crippen LogP contribution is -2.21. The standard InChI is InChI=1S/C27H33ClN4O3.ClH/c1-18(2)17-35-26-9-6-22(28)13-21(26)15-32-19(3)12-25(30-32)27(34)29-23-7-4-20(5-8-23)14-31-11-10-24(33)16-31;/h4-9,12-13,18,24,33H,10-11,14-17H2,1-3H3,(H,29,34);1H/t24-;/m1./s1. The molecule has 1 aromatic heterocycles. The molecule has 1 amide bonds. The van der Waals surface area contributed by atoms with Crippen LogP contribution in [0.1, 0.15) is 47.6 Å². The summed E-state index contributed by atoms with van der Waals surface area (Å²) >= 11 is 6.23. The molecule has 0 bridgehead atoms. The molecule has 1 saturated heterocycles. The Balaban J connectivity index is 0.00000361. The first kappa shape index (κ1) is 28.0. The summed E-state index contributed by atoms with van der Waals surface area (Å²) in [6.07, 6.45) is 0.596. The summed E-state index contributed by atoms with van der Waals surface area (Å²) in [5.74, 6) is 0.916. The molecule has 0 aliphatic carbocycles. The molecular formula is C27H34Cl2N4O3. The Bertz CT molecular complexity index is 1160. The van der Waals surface area contributed by atoms with E-state index in [0.29, 0.717) is 42.0 Å². The van der Waals surface area contributed by atoms with Gasteiger partial charge in [-0.3, -0.25) is 14.4 Å². The number of aryl methyl sites for hydroxylation is 1. The second kappa shape index (κ2) is 12.6. The Morgan fingerprint density at radius 2 is 1.94 bits per heavy atom. The maximum atomic E-state index is 12.9. The number of ether oxygens (including phenoxy) is 1. The zero-order valence-corrected chi connectivity index (χ0v) is 22.5. The lowest BCUT2D eigenvalue weighted by atomic mass is 10.2. The third-order valence-electron chi connectivity index (χ3n) is 5.99. The molecule has 2 aromatic carbocycles. The first-order valence-corrected chi connectivity index (χ1v) is 12.4. The summed E-state index contributed by atoms with van der Waals surface area (Å²) in [6, 6.07) is 15.1. The summed E-state index contributed by atoms with van der Waals surface area (Å²) in [6.45, 7) is 9.60. The van der Waals surface area contributed by atoms with Gasteiger partial charge in [-0.15, -0.1) is 12.4 Å². The van der Waals surface area contributed by atoms with E-state index in [2.05, 4.69) is 29.2 Å². The predicted molar refractivity (Wildman–Crippen MR) is 145 cm³/mol. The Labute approximate surface area is 223 Å². The highest BCUT2D eigenvalue weighted by molar-refractivity contribution is 6.30. The fourth-order valence-electron chi connectivity index (χ4n) is 4.11. The van der Waals surface area contributed by atoms with Gasteiger partial charge < -0.3 is 15.2 Å². The lowest BCUT2D eigenvalue weighted by Gasteiger charge is -2.15. The van der Waals surface area contributed by atoms with Crippen molar-refractivity contribution in [1.29, 1.82) is 0 Å². The fraction of sp³-hybridized carbons (Fsp3) is 0.407. The molecule has 0 spiro atoms. The zero-order valence-electron chi connectivity index (χ0n) is 20.9. The van der Waals surface area contributed by atoms with Crippen LogP contribution >= 0.6 is 24.0 Å². The maximum absolute atomic E-state index is 12.9. The van der Waals surface area contributed by atoms with Crippen LogP contribution in [0.2, 0.25) is 5.02 Å². The van der Waals surface area contributed by atoms with E-state index < -0.39 is 0 Å². The number of hydrogen-bond donors (Lipinski definition) is 2. The van der Waals surface area contributed by atoms with Gasteiger partial charge in [-0.2, -0.15) is 5.10 Å². The van der Waals surface area contributed by atoms with Crippen LogP contribution in [0.25, 0.3) is 0 Å². The molecule has 7 nitrogen and oxygen atoms in total. The average molecular weight is 534 g/mol. The molecule has 36 heavy (non-hydrogen) atoms. The number of hydrogen-bond acceptors (Lipinski definition) is 5. The van der Waals surface area contributed by atoms with Gasteiger partial charge in [-0.05, 0) is 61.2 Å². The van der Waals surface area contributed by atoms with E-state index >= 15 is 0 Å². The minimum atomic E-state index is -0.260. The van der Waals surface area contributed by atoms with Gasteiger partial charge in [0.15, 0.2) is 5.69 Å². The number of aliphatic hydroxyl groups excluding tert-OH is 1. The number of benzene rings is 2. The highest BCUT2D eigenvalue weighted by Crippen LogP contribution is 2.25. The number of likely N-dealkylation sites (tertiary alicyclic amines) is 1. The summed E-state index contributed by atoms with van der Waals surface area (Å²) in [4.78, 5) is 15.1. The Morgan fingerprint density at radius 1 is 1.19 bits per heavy atom. The molecule has 2 heterocycles. The van der Waals surface area contributed by atoms with Crippen LogP contribution in [0.5, 0.6) is 5.75 Å². The normalized spacial score (nSPS) is 15.7. The van der Waals surface area contributed by atoms with Crippen molar-refractivity contribution in [2.75, 3.05) is 25.0 Å². The van der Waals surface area contributed by atoms with Crippen molar-refractivity contribution in [3.05, 3.63) is 76.1 Å². The fourth-order valence-corrected chi connectivity index (χ4v) is 4.31. The van der Waals surface area contributed by atoms with Crippen LogP contribution in [0, 0.1) is 12.8 Å². The van der Waals surface area contributed by atoms with Gasteiger partial charge in [-0.1, -0.05) is 37.6 Å². The van der Waals surface area contributed by atoms with Gasteiger partial charge in [0, 0.05) is 41.6 Å². The van der Waals surface area contributed by atoms with Crippen molar-refractivity contribution in [2.45, 2.75) is 46.4 Å². The number of rotatable bonds is 9. The molecule has 0 saturated carbocycles. The second-order valence-corrected chi connectivity index (χ2v) is 10.1. The number of aromatic nitrogens is 2. The van der Waals surface area contributed by atoms with Crippen LogP contribution in [0.3, 0.4) is 0 Å². The van der Waals surface area contributed by atoms with Gasteiger partial charge in [0.05, 0.1) is 19.3 Å². The molecule has 1 aliphatic rings. The van der Waals surface area contributed by atoms with Crippen LogP contribution < -0.4 is 10.1 Å². The largest absolute Gasteiger partial charge is 0.493 e. The van der Waals surface area contributed by atoms with Gasteiger partial charge in [0.2, 0.25) is 0 Å². The summed E-state index contributed by atoms with van der Waals surface area (Å²) in [5.41, 5.74) is 4.00. The topological polar surface area (TPSA) is 79.6 Å². The van der Waals surface area contributed by atoms with Crippen molar-refractivity contribution in [2.24, 2.45) is 5.92 Å². The smallest absolute Gasteiger partial charge is 0.276 e. The van der Waals surface area contributed by atoms with Crippen LogP contribution in [0.4, 0.5) is 5.69 Å². The second-order valence-electron chi connectivity index (χ2n) is 9.61. The molecule has 1 atom stereocenters. The Hall–Kier alpha value is -2.58. The Kier molecular flexibility index (Phi) is 9.79. The van der Waals surface area contributed by atoms with Crippen LogP contribution in [-0.2, 0) is 13.1 Å². The SMILES string of the molecule is Cc1cc(C(=O)Nc2ccc(CN3CC[C@@H](O)C3)cc2)nn1Cc1cc(Cl)ccc1OCC(C)C.Cl. The molecule has 9 heteroatoms. The molecule has 2 N–H and O–H groups in total. The third kappa shape index (κ3) is 7.46. The number of carbonyl (C=O) groups is 1. The van der Waals surface area contributed by atoms with Crippen molar-refractivity contribution in [1.82, 2.24) is 14.7 Å². The molecule has 0 unspecified atom stereocenters. The van der Waals surface area contributed by atoms with Crippen molar-refractivity contribution < 1.29 is 14.6 Å². The number of amides is 1. The number of aliphatic hydroxyl groups is 1. The first-order valence-electron chi connectivity index (χ1n) is 12.0. The molecule has 0 radical (unpaired) electrons. The van der Waals surface area contributed by atoms with E-state index in [4.69, 9.17) is 16.3 Å². The van der Waals surface area contributed by atoms with Crippen molar-refractivity contribution in [3.63, 3.8) is 0 Å². The zero-order chi connectivity index (χ0) is 24.9. The van der Waals surface area contributed by atoms with Crippen molar-refractivity contribution >= 4 is 35.6 Å². The highest BCUT2D eigenvalue weighted by Gasteiger charge is 2.20. The molecular weight excluding hydrogens is 499 g/mol. The quantitative estimate of drug-likeness (QED) is 0.397. The number of carbonyl (C=O) groups excluding carboxylic acids is 1. The lowest BCUT2D eigenvalue weighted by molar-refractivity contribution is 0.102. The van der Waals surface area contributed by atoms with Gasteiger partial charge in [0.1, 0.15) is 5.75 Å². The monoisotopic (exact) mass is 532 g/mol. The average Bonchev–Trinajstić information content (AvgIpc) is 3.39. The van der Waals surface area contributed by atoms with Crippen LogP contribution in [-0.4, -0.2) is 51.5 Å². The van der Waals surface area contributed by atoms with Crippen molar-refractivity contribution in [3.8, 4) is 5.75 Å². The van der Waals surface area contributed by atoms with E-state index in [9.17, 15) is 9.90 Å². The number of β-amino-alcohol motifs (C(OH)–C–C–N with tert-alkyl or cyclic N) is 1. The molecule has 4 rings (SSSR count). The number of nitrogens with zero attached hydrogens (tertiary/aromatic N) is 3. The number of halogens is 2. The highest BCUT2D eigenvalue weighted by atomic mass is 35.5. The van der Waals surface area contributed by atoms with E-state index in [1.807, 2.05) is 49.4 Å². The summed E-state index contributed by atoms with van der Waals surface area (Å²) in [5, 5.41) is 17.8. The van der Waals surface area contributed by atoms with Gasteiger partial charge in [0.25, 0.3) is 5.91 Å². The minimum Gasteiger partial charge on any atom is -0.493 e. The number of anilines is 1. The minimum absolute atomic E-state index is 0. The van der Waals surface area contributed by atoms with Gasteiger partial charge in [-0.25, -0.2) is 0 Å². The van der Waals surface area contributed by atoms with E-state index in [0.717, 1.165) is 42.1 Å². The van der Waals surface area contributed by atoms with E-state index in [1.54, 1.807) is 10.7 Å². The molecule has 1 aliphatic heterocycles. The summed E-state index contributed by atoms with van der Waals surface area (Å²) in [7, 11) is 0. The number of nitrogens with one attached hydrogen (secondary N) is 1. The van der Waals surface area contributed by atoms with E-state index in [1.165, 1.54) is 0 Å². The summed E-state index contributed by atoms with van der Waals surface area (Å²) < 4.78 is 7.75.